The molecule has 7 heteroatoms. The van der Waals surface area contributed by atoms with E-state index in [1.807, 2.05) is 0 Å². The summed E-state index contributed by atoms with van der Waals surface area (Å²) in [5.74, 6) is -2.59. The van der Waals surface area contributed by atoms with Crippen molar-refractivity contribution >= 4 is 11.8 Å². The lowest BCUT2D eigenvalue weighted by Crippen LogP contribution is -2.43. The van der Waals surface area contributed by atoms with E-state index < -0.39 is 42.5 Å². The fourth-order valence-electron chi connectivity index (χ4n) is 1.48. The standard InChI is InChI=1S/C9H12F3NO3/c1-4-5(2)8(16)13(7(4)15)3-6(14)9(10,11)12/h4-6,14H,3H2,1-2H3. The number of imide groups is 1. The Balaban J connectivity index is 2.76. The Morgan fingerprint density at radius 3 is 1.94 bits per heavy atom. The number of hydrogen-bond donors (Lipinski definition) is 1. The van der Waals surface area contributed by atoms with Crippen LogP contribution in [-0.2, 0) is 9.59 Å². The molecular weight excluding hydrogens is 227 g/mol. The van der Waals surface area contributed by atoms with Crippen LogP contribution in [0.3, 0.4) is 0 Å². The summed E-state index contributed by atoms with van der Waals surface area (Å²) >= 11 is 0. The third-order valence-electron chi connectivity index (χ3n) is 2.79. The molecule has 0 aromatic carbocycles. The molecule has 0 aromatic rings. The van der Waals surface area contributed by atoms with Gasteiger partial charge in [-0.2, -0.15) is 13.2 Å². The molecule has 16 heavy (non-hydrogen) atoms. The van der Waals surface area contributed by atoms with E-state index in [1.165, 1.54) is 13.8 Å². The van der Waals surface area contributed by atoms with Crippen LogP contribution >= 0.6 is 0 Å². The van der Waals surface area contributed by atoms with Crippen LogP contribution in [0.15, 0.2) is 0 Å². The Kier molecular flexibility index (Phi) is 3.27. The topological polar surface area (TPSA) is 57.6 Å². The predicted molar refractivity (Wildman–Crippen MR) is 47.1 cm³/mol. The second-order valence-electron chi connectivity index (χ2n) is 3.92. The van der Waals surface area contributed by atoms with E-state index in [9.17, 15) is 22.8 Å². The largest absolute Gasteiger partial charge is 0.416 e. The van der Waals surface area contributed by atoms with E-state index in [-0.39, 0.29) is 0 Å². The molecular formula is C9H12F3NO3. The van der Waals surface area contributed by atoms with Crippen LogP contribution < -0.4 is 0 Å². The van der Waals surface area contributed by atoms with Crippen LogP contribution in [0.5, 0.6) is 0 Å². The van der Waals surface area contributed by atoms with Crippen LogP contribution in [0.25, 0.3) is 0 Å². The Bertz CT molecular complexity index is 296. The molecule has 1 rings (SSSR count). The summed E-state index contributed by atoms with van der Waals surface area (Å²) in [7, 11) is 0. The molecule has 92 valence electrons. The van der Waals surface area contributed by atoms with E-state index in [2.05, 4.69) is 0 Å². The van der Waals surface area contributed by atoms with Crippen molar-refractivity contribution in [2.45, 2.75) is 26.1 Å². The number of β-amino-alcohol motifs (C(OH)–C–C–N with tert-alkyl or cyclic N) is 1. The number of rotatable bonds is 2. The van der Waals surface area contributed by atoms with Gasteiger partial charge in [0.05, 0.1) is 6.54 Å². The fraction of sp³-hybridized carbons (Fsp3) is 0.778. The zero-order chi connectivity index (χ0) is 12.7. The van der Waals surface area contributed by atoms with Gasteiger partial charge in [-0.25, -0.2) is 0 Å². The normalized spacial score (nSPS) is 28.8. The minimum Gasteiger partial charge on any atom is -0.382 e. The average Bonchev–Trinajstić information content (AvgIpc) is 2.34. The Morgan fingerprint density at radius 2 is 1.62 bits per heavy atom. The Morgan fingerprint density at radius 1 is 1.25 bits per heavy atom. The van der Waals surface area contributed by atoms with Crippen LogP contribution in [-0.4, -0.2) is 40.6 Å². The van der Waals surface area contributed by atoms with Gasteiger partial charge >= 0.3 is 6.18 Å². The number of aliphatic hydroxyl groups is 1. The molecule has 0 aromatic heterocycles. The highest BCUT2D eigenvalue weighted by molar-refractivity contribution is 6.04. The van der Waals surface area contributed by atoms with E-state index >= 15 is 0 Å². The summed E-state index contributed by atoms with van der Waals surface area (Å²) in [5.41, 5.74) is 0. The van der Waals surface area contributed by atoms with Crippen LogP contribution in [0.2, 0.25) is 0 Å². The monoisotopic (exact) mass is 239 g/mol. The maximum atomic E-state index is 12.1. The van der Waals surface area contributed by atoms with Crippen molar-refractivity contribution in [1.29, 1.82) is 0 Å². The Hall–Kier alpha value is -1.11. The number of nitrogens with zero attached hydrogens (tertiary/aromatic N) is 1. The van der Waals surface area contributed by atoms with Gasteiger partial charge in [-0.05, 0) is 0 Å². The van der Waals surface area contributed by atoms with E-state index in [1.54, 1.807) is 0 Å². The van der Waals surface area contributed by atoms with Crippen molar-refractivity contribution in [2.75, 3.05) is 6.54 Å². The fourth-order valence-corrected chi connectivity index (χ4v) is 1.48. The molecule has 4 nitrogen and oxygen atoms in total. The van der Waals surface area contributed by atoms with E-state index in [0.29, 0.717) is 4.90 Å². The molecule has 1 N–H and O–H groups in total. The highest BCUT2D eigenvalue weighted by atomic mass is 19.4. The summed E-state index contributed by atoms with van der Waals surface area (Å²) < 4.78 is 36.2. The van der Waals surface area contributed by atoms with Gasteiger partial charge in [-0.15, -0.1) is 0 Å². The van der Waals surface area contributed by atoms with Crippen LogP contribution in [0, 0.1) is 11.8 Å². The van der Waals surface area contributed by atoms with Gasteiger partial charge in [0.25, 0.3) is 0 Å². The summed E-state index contributed by atoms with van der Waals surface area (Å²) in [6.07, 6.45) is -7.51. The highest BCUT2D eigenvalue weighted by Gasteiger charge is 2.47. The average molecular weight is 239 g/mol. The zero-order valence-electron chi connectivity index (χ0n) is 8.78. The predicted octanol–water partition coefficient (Wildman–Crippen LogP) is 0.551. The van der Waals surface area contributed by atoms with Crippen molar-refractivity contribution in [3.05, 3.63) is 0 Å². The van der Waals surface area contributed by atoms with Crippen LogP contribution in [0.4, 0.5) is 13.2 Å². The molecule has 2 amide bonds. The minimum absolute atomic E-state index is 0.480. The number of hydrogen-bond acceptors (Lipinski definition) is 3. The van der Waals surface area contributed by atoms with Gasteiger partial charge in [0, 0.05) is 11.8 Å². The van der Waals surface area contributed by atoms with Crippen molar-refractivity contribution in [3.8, 4) is 0 Å². The van der Waals surface area contributed by atoms with E-state index in [4.69, 9.17) is 5.11 Å². The van der Waals surface area contributed by atoms with Crippen LogP contribution in [0.1, 0.15) is 13.8 Å². The molecule has 1 aliphatic heterocycles. The number of likely N-dealkylation sites (tertiary alicyclic amines) is 1. The van der Waals surface area contributed by atoms with Crippen molar-refractivity contribution in [2.24, 2.45) is 11.8 Å². The molecule has 0 radical (unpaired) electrons. The molecule has 3 unspecified atom stereocenters. The molecule has 3 atom stereocenters. The SMILES string of the molecule is CC1C(=O)N(CC(O)C(F)(F)F)C(=O)C1C. The quantitative estimate of drug-likeness (QED) is 0.716. The first-order valence-corrected chi connectivity index (χ1v) is 4.76. The second kappa shape index (κ2) is 4.04. The third-order valence-corrected chi connectivity index (χ3v) is 2.79. The summed E-state index contributed by atoms with van der Waals surface area (Å²) in [4.78, 5) is 23.3. The molecule has 0 bridgehead atoms. The number of carbonyl (C=O) groups excluding carboxylic acids is 2. The summed E-state index contributed by atoms with van der Waals surface area (Å²) in [5, 5.41) is 8.78. The van der Waals surface area contributed by atoms with Gasteiger partial charge in [0.15, 0.2) is 6.10 Å². The van der Waals surface area contributed by atoms with Gasteiger partial charge in [0.2, 0.25) is 11.8 Å². The number of halogens is 3. The molecule has 1 fully saturated rings. The molecule has 1 aliphatic rings. The molecule has 1 heterocycles. The maximum Gasteiger partial charge on any atom is 0.416 e. The number of aliphatic hydroxyl groups excluding tert-OH is 1. The lowest BCUT2D eigenvalue weighted by molar-refractivity contribution is -0.207. The molecule has 0 aliphatic carbocycles. The van der Waals surface area contributed by atoms with Crippen molar-refractivity contribution in [3.63, 3.8) is 0 Å². The smallest absolute Gasteiger partial charge is 0.382 e. The van der Waals surface area contributed by atoms with Crippen molar-refractivity contribution in [1.82, 2.24) is 4.90 Å². The molecule has 0 saturated carbocycles. The number of amides is 2. The number of carbonyl (C=O) groups is 2. The summed E-state index contributed by atoms with van der Waals surface area (Å²) in [6.45, 7) is 1.94. The maximum absolute atomic E-state index is 12.1. The minimum atomic E-state index is -4.82. The first kappa shape index (κ1) is 13.0. The first-order valence-electron chi connectivity index (χ1n) is 4.76. The third kappa shape index (κ3) is 2.18. The molecule has 0 spiro atoms. The van der Waals surface area contributed by atoms with Gasteiger partial charge in [-0.3, -0.25) is 14.5 Å². The van der Waals surface area contributed by atoms with Gasteiger partial charge in [-0.1, -0.05) is 13.8 Å². The summed E-state index contributed by atoms with van der Waals surface area (Å²) in [6, 6.07) is 0. The van der Waals surface area contributed by atoms with Gasteiger partial charge in [0.1, 0.15) is 0 Å². The highest BCUT2D eigenvalue weighted by Crippen LogP contribution is 2.28. The lowest BCUT2D eigenvalue weighted by atomic mass is 10.00. The molecule has 1 saturated heterocycles. The first-order chi connectivity index (χ1) is 7.16. The van der Waals surface area contributed by atoms with Crippen molar-refractivity contribution < 1.29 is 27.9 Å². The second-order valence-corrected chi connectivity index (χ2v) is 3.92. The lowest BCUT2D eigenvalue weighted by Gasteiger charge is -2.20. The Labute approximate surface area is 90.0 Å². The van der Waals surface area contributed by atoms with E-state index in [0.717, 1.165) is 0 Å². The number of alkyl halides is 3. The zero-order valence-corrected chi connectivity index (χ0v) is 8.78. The van der Waals surface area contributed by atoms with Gasteiger partial charge < -0.3 is 5.11 Å².